The van der Waals surface area contributed by atoms with Crippen LogP contribution < -0.4 is 0 Å². The summed E-state index contributed by atoms with van der Waals surface area (Å²) < 4.78 is 50.2. The Balaban J connectivity index is 1.03. The number of esters is 2. The van der Waals surface area contributed by atoms with Crippen molar-refractivity contribution in [3.8, 4) is 0 Å². The van der Waals surface area contributed by atoms with Crippen molar-refractivity contribution in [3.05, 3.63) is 0 Å². The predicted octanol–water partition coefficient (Wildman–Crippen LogP) is 3.30. The van der Waals surface area contributed by atoms with E-state index in [1.807, 2.05) is 0 Å². The first-order valence-electron chi connectivity index (χ1n) is 14.1. The summed E-state index contributed by atoms with van der Waals surface area (Å²) in [6.07, 6.45) is 6.45. The molecule has 214 valence electrons. The van der Waals surface area contributed by atoms with Gasteiger partial charge in [-0.15, -0.1) is 0 Å². The van der Waals surface area contributed by atoms with Gasteiger partial charge in [0.15, 0.2) is 0 Å². The van der Waals surface area contributed by atoms with E-state index in [1.54, 1.807) is 0 Å². The molecule has 8 aliphatic carbocycles. The fraction of sp³-hybridized carbons (Fsp3) is 0.929. The van der Waals surface area contributed by atoms with Crippen LogP contribution in [-0.4, -0.2) is 75.9 Å². The van der Waals surface area contributed by atoms with E-state index in [4.69, 9.17) is 18.9 Å². The quantitative estimate of drug-likeness (QED) is 0.337. The van der Waals surface area contributed by atoms with Gasteiger partial charge in [0.25, 0.3) is 0 Å². The third-order valence-electron chi connectivity index (χ3n) is 10.6. The standard InChI is InChI=1S/C28H40F2O8/c1-23(19-6-17-5-18(8-19)9-20(23)7-17)36-4-3-35-21(31)10-37-27-12-25(33)11-26(34,13-27)15-28(14-25,16-27)38-22(32)24(2,29)30/h17-20,33-34H,3-16H2,1-2H3. The maximum atomic E-state index is 13.6. The molecular weight excluding hydrogens is 502 g/mol. The van der Waals surface area contributed by atoms with E-state index in [9.17, 15) is 28.6 Å². The second-order valence-corrected chi connectivity index (χ2v) is 14.0. The second-order valence-electron chi connectivity index (χ2n) is 14.0. The lowest BCUT2D eigenvalue weighted by Gasteiger charge is -2.66. The van der Waals surface area contributed by atoms with Crippen molar-refractivity contribution in [2.24, 2.45) is 23.7 Å². The number of ether oxygens (including phenoxy) is 4. The average Bonchev–Trinajstić information content (AvgIpc) is 2.75. The minimum Gasteiger partial charge on any atom is -0.462 e. The summed E-state index contributed by atoms with van der Waals surface area (Å²) in [6.45, 7) is 2.64. The monoisotopic (exact) mass is 542 g/mol. The van der Waals surface area contributed by atoms with Crippen LogP contribution in [-0.2, 0) is 28.5 Å². The molecule has 10 heteroatoms. The summed E-state index contributed by atoms with van der Waals surface area (Å²) >= 11 is 0. The van der Waals surface area contributed by atoms with E-state index in [0.29, 0.717) is 25.4 Å². The SMILES string of the molecule is CC(F)(F)C(=O)OC12CC3(O)CC(O)(CC(OCC(=O)OCCOC4(C)C5CC6CC(C5)CC4C6)(C3)C1)C2. The van der Waals surface area contributed by atoms with E-state index in [1.165, 1.54) is 32.1 Å². The lowest BCUT2D eigenvalue weighted by molar-refractivity contribution is -0.313. The Morgan fingerprint density at radius 2 is 1.37 bits per heavy atom. The number of carbonyl (C=O) groups excluding carboxylic acids is 2. The van der Waals surface area contributed by atoms with Crippen LogP contribution in [0.2, 0.25) is 0 Å². The molecule has 0 aromatic heterocycles. The van der Waals surface area contributed by atoms with E-state index in [0.717, 1.165) is 11.8 Å². The smallest absolute Gasteiger partial charge is 0.377 e. The van der Waals surface area contributed by atoms with Crippen LogP contribution in [0.3, 0.4) is 0 Å². The molecule has 38 heavy (non-hydrogen) atoms. The maximum Gasteiger partial charge on any atom is 0.377 e. The molecule has 8 nitrogen and oxygen atoms in total. The van der Waals surface area contributed by atoms with Gasteiger partial charge in [-0.2, -0.15) is 8.78 Å². The number of hydrogen-bond acceptors (Lipinski definition) is 8. The fourth-order valence-corrected chi connectivity index (χ4v) is 9.92. The summed E-state index contributed by atoms with van der Waals surface area (Å²) in [5.74, 6) is -3.20. The van der Waals surface area contributed by atoms with E-state index in [2.05, 4.69) is 6.92 Å². The normalized spacial score (nSPS) is 48.4. The maximum absolute atomic E-state index is 13.6. The van der Waals surface area contributed by atoms with Gasteiger partial charge in [-0.1, -0.05) is 0 Å². The molecule has 8 saturated carbocycles. The molecule has 0 saturated heterocycles. The molecule has 0 aliphatic heterocycles. The lowest BCUT2D eigenvalue weighted by Crippen LogP contribution is -2.73. The van der Waals surface area contributed by atoms with Crippen LogP contribution in [0.15, 0.2) is 0 Å². The minimum atomic E-state index is -3.71. The Morgan fingerprint density at radius 1 is 0.816 bits per heavy atom. The molecule has 0 spiro atoms. The number of halogens is 2. The molecule has 0 aromatic rings. The topological polar surface area (TPSA) is 112 Å². The zero-order valence-electron chi connectivity index (χ0n) is 22.3. The number of hydrogen-bond donors (Lipinski definition) is 2. The van der Waals surface area contributed by atoms with E-state index >= 15 is 0 Å². The van der Waals surface area contributed by atoms with Gasteiger partial charge in [0, 0.05) is 45.4 Å². The van der Waals surface area contributed by atoms with Crippen LogP contribution >= 0.6 is 0 Å². The lowest BCUT2D eigenvalue weighted by atomic mass is 9.48. The highest BCUT2D eigenvalue weighted by Gasteiger charge is 2.70. The summed E-state index contributed by atoms with van der Waals surface area (Å²) in [4.78, 5) is 24.6. The molecule has 0 heterocycles. The number of carbonyl (C=O) groups is 2. The largest absolute Gasteiger partial charge is 0.462 e. The van der Waals surface area contributed by atoms with Crippen molar-refractivity contribution in [2.75, 3.05) is 19.8 Å². The van der Waals surface area contributed by atoms with Gasteiger partial charge >= 0.3 is 17.9 Å². The summed E-state index contributed by atoms with van der Waals surface area (Å²) in [7, 11) is 0. The van der Waals surface area contributed by atoms with Crippen LogP contribution in [0.5, 0.6) is 0 Å². The molecule has 0 aromatic carbocycles. The number of aliphatic hydroxyl groups is 2. The van der Waals surface area contributed by atoms with Gasteiger partial charge in [-0.3, -0.25) is 0 Å². The van der Waals surface area contributed by atoms with Gasteiger partial charge in [0.2, 0.25) is 0 Å². The molecule has 8 fully saturated rings. The van der Waals surface area contributed by atoms with E-state index in [-0.39, 0.29) is 50.7 Å². The van der Waals surface area contributed by atoms with Crippen LogP contribution in [0, 0.1) is 23.7 Å². The first-order valence-corrected chi connectivity index (χ1v) is 14.1. The van der Waals surface area contributed by atoms with Gasteiger partial charge < -0.3 is 29.2 Å². The van der Waals surface area contributed by atoms with E-state index < -0.39 is 46.9 Å². The number of alkyl halides is 2. The second kappa shape index (κ2) is 8.57. The highest BCUT2D eigenvalue weighted by molar-refractivity contribution is 5.77. The summed E-state index contributed by atoms with van der Waals surface area (Å²) in [5.41, 5.74) is -5.73. The molecule has 8 bridgehead atoms. The molecule has 2 N–H and O–H groups in total. The fourth-order valence-electron chi connectivity index (χ4n) is 9.92. The first kappa shape index (κ1) is 26.8. The molecular formula is C28H40F2O8. The van der Waals surface area contributed by atoms with Crippen molar-refractivity contribution in [2.45, 2.75) is 118 Å². The molecule has 2 unspecified atom stereocenters. The third kappa shape index (κ3) is 4.67. The Bertz CT molecular complexity index is 946. The molecule has 0 amide bonds. The predicted molar refractivity (Wildman–Crippen MR) is 128 cm³/mol. The van der Waals surface area contributed by atoms with Gasteiger partial charge in [0.1, 0.15) is 18.8 Å². The molecule has 8 aliphatic rings. The Morgan fingerprint density at radius 3 is 1.92 bits per heavy atom. The van der Waals surface area contributed by atoms with Gasteiger partial charge in [-0.25, -0.2) is 9.59 Å². The summed E-state index contributed by atoms with van der Waals surface area (Å²) in [6, 6.07) is 0. The molecule has 2 atom stereocenters. The van der Waals surface area contributed by atoms with Crippen LogP contribution in [0.4, 0.5) is 8.78 Å². The van der Waals surface area contributed by atoms with Crippen molar-refractivity contribution in [3.63, 3.8) is 0 Å². The van der Waals surface area contributed by atoms with Crippen LogP contribution in [0.25, 0.3) is 0 Å². The Hall–Kier alpha value is -1.36. The first-order chi connectivity index (χ1) is 17.6. The molecule has 0 radical (unpaired) electrons. The van der Waals surface area contributed by atoms with Crippen molar-refractivity contribution in [1.82, 2.24) is 0 Å². The van der Waals surface area contributed by atoms with Crippen molar-refractivity contribution in [1.29, 1.82) is 0 Å². The van der Waals surface area contributed by atoms with Crippen molar-refractivity contribution < 1.29 is 47.5 Å². The summed E-state index contributed by atoms with van der Waals surface area (Å²) in [5, 5.41) is 22.3. The van der Waals surface area contributed by atoms with Gasteiger partial charge in [-0.05, 0) is 62.7 Å². The average molecular weight is 543 g/mol. The zero-order chi connectivity index (χ0) is 27.2. The number of rotatable bonds is 9. The minimum absolute atomic E-state index is 0.0198. The highest BCUT2D eigenvalue weighted by atomic mass is 19.3. The van der Waals surface area contributed by atoms with Crippen LogP contribution in [0.1, 0.15) is 84.5 Å². The highest BCUT2D eigenvalue weighted by Crippen LogP contribution is 2.63. The van der Waals surface area contributed by atoms with Crippen molar-refractivity contribution >= 4 is 11.9 Å². The Kier molecular flexibility index (Phi) is 6.05. The third-order valence-corrected chi connectivity index (χ3v) is 10.6. The molecule has 8 rings (SSSR count). The zero-order valence-corrected chi connectivity index (χ0v) is 22.3. The van der Waals surface area contributed by atoms with Gasteiger partial charge in [0.05, 0.1) is 29.0 Å². The Labute approximate surface area is 221 Å².